The minimum absolute atomic E-state index is 0.133. The number of hydrogen-bond donors (Lipinski definition) is 1. The summed E-state index contributed by atoms with van der Waals surface area (Å²) in [7, 11) is 1.59. The molecular formula is C16H18FNO2. The van der Waals surface area contributed by atoms with Gasteiger partial charge >= 0.3 is 0 Å². The minimum atomic E-state index is -0.367. The summed E-state index contributed by atoms with van der Waals surface area (Å²) in [6, 6.07) is 10.3. The standard InChI is InChI=1S/C16H18FNO2/c1-3-11-4-7-15(16(8-11)19-2)20-10-12-5-6-13(18)9-14(12)17/h4-9H,3,10,18H2,1-2H3. The number of nitrogen functional groups attached to an aromatic ring is 1. The molecule has 0 radical (unpaired) electrons. The van der Waals surface area contributed by atoms with E-state index in [1.165, 1.54) is 6.07 Å². The highest BCUT2D eigenvalue weighted by Gasteiger charge is 2.08. The monoisotopic (exact) mass is 275 g/mol. The lowest BCUT2D eigenvalue weighted by Gasteiger charge is -2.12. The SMILES string of the molecule is CCc1ccc(OCc2ccc(N)cc2F)c(OC)c1. The topological polar surface area (TPSA) is 44.5 Å². The van der Waals surface area contributed by atoms with Crippen LogP contribution in [0.15, 0.2) is 36.4 Å². The lowest BCUT2D eigenvalue weighted by atomic mass is 10.1. The van der Waals surface area contributed by atoms with E-state index in [9.17, 15) is 4.39 Å². The molecular weight excluding hydrogens is 257 g/mol. The van der Waals surface area contributed by atoms with Crippen LogP contribution in [0.3, 0.4) is 0 Å². The van der Waals surface area contributed by atoms with Crippen LogP contribution in [-0.2, 0) is 13.0 Å². The van der Waals surface area contributed by atoms with E-state index in [2.05, 4.69) is 6.92 Å². The van der Waals surface area contributed by atoms with Crippen molar-refractivity contribution in [1.29, 1.82) is 0 Å². The van der Waals surface area contributed by atoms with Gasteiger partial charge in [0.15, 0.2) is 11.5 Å². The van der Waals surface area contributed by atoms with Crippen molar-refractivity contribution in [3.8, 4) is 11.5 Å². The van der Waals surface area contributed by atoms with E-state index < -0.39 is 0 Å². The maximum atomic E-state index is 13.7. The van der Waals surface area contributed by atoms with Gasteiger partial charge in [0.05, 0.1) is 7.11 Å². The predicted molar refractivity (Wildman–Crippen MR) is 77.5 cm³/mol. The average Bonchev–Trinajstić information content (AvgIpc) is 2.46. The first-order chi connectivity index (χ1) is 9.63. The van der Waals surface area contributed by atoms with Crippen molar-refractivity contribution in [2.75, 3.05) is 12.8 Å². The zero-order valence-corrected chi connectivity index (χ0v) is 11.7. The third-order valence-corrected chi connectivity index (χ3v) is 3.10. The van der Waals surface area contributed by atoms with Crippen LogP contribution in [-0.4, -0.2) is 7.11 Å². The number of nitrogens with two attached hydrogens (primary N) is 1. The fourth-order valence-electron chi connectivity index (χ4n) is 1.89. The molecule has 0 bridgehead atoms. The van der Waals surface area contributed by atoms with Gasteiger partial charge in [-0.2, -0.15) is 0 Å². The molecule has 0 spiro atoms. The zero-order valence-electron chi connectivity index (χ0n) is 11.7. The second kappa shape index (κ2) is 6.28. The molecule has 20 heavy (non-hydrogen) atoms. The molecule has 0 aliphatic rings. The molecule has 2 aromatic rings. The molecule has 0 unspecified atom stereocenters. The summed E-state index contributed by atoms with van der Waals surface area (Å²) in [4.78, 5) is 0. The van der Waals surface area contributed by atoms with Crippen LogP contribution in [0.5, 0.6) is 11.5 Å². The van der Waals surface area contributed by atoms with Crippen molar-refractivity contribution in [3.05, 3.63) is 53.3 Å². The van der Waals surface area contributed by atoms with Gasteiger partial charge < -0.3 is 15.2 Å². The minimum Gasteiger partial charge on any atom is -0.493 e. The molecule has 0 fully saturated rings. The highest BCUT2D eigenvalue weighted by Crippen LogP contribution is 2.29. The molecule has 3 nitrogen and oxygen atoms in total. The molecule has 0 heterocycles. The maximum absolute atomic E-state index is 13.7. The van der Waals surface area contributed by atoms with Crippen molar-refractivity contribution in [2.45, 2.75) is 20.0 Å². The van der Waals surface area contributed by atoms with E-state index >= 15 is 0 Å². The Morgan fingerprint density at radius 1 is 1.10 bits per heavy atom. The van der Waals surface area contributed by atoms with Gasteiger partial charge in [-0.1, -0.05) is 19.1 Å². The van der Waals surface area contributed by atoms with Gasteiger partial charge in [0.25, 0.3) is 0 Å². The molecule has 4 heteroatoms. The van der Waals surface area contributed by atoms with E-state index in [1.54, 1.807) is 19.2 Å². The largest absolute Gasteiger partial charge is 0.493 e. The Labute approximate surface area is 118 Å². The van der Waals surface area contributed by atoms with E-state index in [0.29, 0.717) is 22.7 Å². The normalized spacial score (nSPS) is 10.3. The lowest BCUT2D eigenvalue weighted by molar-refractivity contribution is 0.279. The molecule has 0 aliphatic carbocycles. The van der Waals surface area contributed by atoms with Crippen LogP contribution in [0.4, 0.5) is 10.1 Å². The Morgan fingerprint density at radius 3 is 2.55 bits per heavy atom. The van der Waals surface area contributed by atoms with Gasteiger partial charge in [0, 0.05) is 11.3 Å². The van der Waals surface area contributed by atoms with E-state index in [1.807, 2.05) is 18.2 Å². The second-order valence-electron chi connectivity index (χ2n) is 4.48. The third kappa shape index (κ3) is 3.20. The summed E-state index contributed by atoms with van der Waals surface area (Å²) < 4.78 is 24.6. The Bertz CT molecular complexity index is 599. The molecule has 0 atom stereocenters. The smallest absolute Gasteiger partial charge is 0.161 e. The zero-order chi connectivity index (χ0) is 14.5. The van der Waals surface area contributed by atoms with Crippen LogP contribution in [0, 0.1) is 5.82 Å². The number of ether oxygens (including phenoxy) is 2. The average molecular weight is 275 g/mol. The number of rotatable bonds is 5. The van der Waals surface area contributed by atoms with Crippen LogP contribution >= 0.6 is 0 Å². The Morgan fingerprint density at radius 2 is 1.90 bits per heavy atom. The Balaban J connectivity index is 2.14. The molecule has 0 saturated heterocycles. The Kier molecular flexibility index (Phi) is 4.45. The van der Waals surface area contributed by atoms with Crippen molar-refractivity contribution in [2.24, 2.45) is 0 Å². The number of methoxy groups -OCH3 is 1. The number of benzene rings is 2. The van der Waals surface area contributed by atoms with E-state index in [-0.39, 0.29) is 12.4 Å². The summed E-state index contributed by atoms with van der Waals surface area (Å²) in [6.45, 7) is 2.20. The highest BCUT2D eigenvalue weighted by atomic mass is 19.1. The van der Waals surface area contributed by atoms with E-state index in [4.69, 9.17) is 15.2 Å². The molecule has 2 rings (SSSR count). The Hall–Kier alpha value is -2.23. The second-order valence-corrected chi connectivity index (χ2v) is 4.48. The summed E-state index contributed by atoms with van der Waals surface area (Å²) in [5.41, 5.74) is 7.53. The third-order valence-electron chi connectivity index (χ3n) is 3.10. The predicted octanol–water partition coefficient (Wildman–Crippen LogP) is 3.56. The van der Waals surface area contributed by atoms with Crippen LogP contribution in [0.25, 0.3) is 0 Å². The van der Waals surface area contributed by atoms with Crippen LogP contribution in [0.2, 0.25) is 0 Å². The van der Waals surface area contributed by atoms with Crippen molar-refractivity contribution in [3.63, 3.8) is 0 Å². The number of hydrogen-bond acceptors (Lipinski definition) is 3. The van der Waals surface area contributed by atoms with E-state index in [0.717, 1.165) is 12.0 Å². The molecule has 106 valence electrons. The molecule has 0 aliphatic heterocycles. The molecule has 0 aromatic heterocycles. The number of halogens is 1. The van der Waals surface area contributed by atoms with Crippen molar-refractivity contribution in [1.82, 2.24) is 0 Å². The van der Waals surface area contributed by atoms with Crippen molar-refractivity contribution >= 4 is 5.69 Å². The van der Waals surface area contributed by atoms with Crippen molar-refractivity contribution < 1.29 is 13.9 Å². The lowest BCUT2D eigenvalue weighted by Crippen LogP contribution is -2.01. The van der Waals surface area contributed by atoms with Crippen LogP contribution < -0.4 is 15.2 Å². The highest BCUT2D eigenvalue weighted by molar-refractivity contribution is 5.44. The summed E-state index contributed by atoms with van der Waals surface area (Å²) in [6.07, 6.45) is 0.920. The van der Waals surface area contributed by atoms with Gasteiger partial charge in [-0.3, -0.25) is 0 Å². The first-order valence-corrected chi connectivity index (χ1v) is 6.47. The summed E-state index contributed by atoms with van der Waals surface area (Å²) in [5.74, 6) is 0.885. The van der Waals surface area contributed by atoms with Gasteiger partial charge in [-0.15, -0.1) is 0 Å². The molecule has 2 aromatic carbocycles. The molecule has 2 N–H and O–H groups in total. The first-order valence-electron chi connectivity index (χ1n) is 6.47. The number of aryl methyl sites for hydroxylation is 1. The first kappa shape index (κ1) is 14.2. The fourth-order valence-corrected chi connectivity index (χ4v) is 1.89. The molecule has 0 amide bonds. The summed E-state index contributed by atoms with van der Waals surface area (Å²) >= 11 is 0. The van der Waals surface area contributed by atoms with Crippen LogP contribution in [0.1, 0.15) is 18.1 Å². The summed E-state index contributed by atoms with van der Waals surface area (Å²) in [5, 5.41) is 0. The van der Waals surface area contributed by atoms with Gasteiger partial charge in [0.1, 0.15) is 12.4 Å². The van der Waals surface area contributed by atoms with Gasteiger partial charge in [-0.25, -0.2) is 4.39 Å². The maximum Gasteiger partial charge on any atom is 0.161 e. The quantitative estimate of drug-likeness (QED) is 0.849. The van der Waals surface area contributed by atoms with Gasteiger partial charge in [-0.05, 0) is 36.2 Å². The number of anilines is 1. The molecule has 0 saturated carbocycles. The fraction of sp³-hybridized carbons (Fsp3) is 0.250. The van der Waals surface area contributed by atoms with Gasteiger partial charge in [0.2, 0.25) is 0 Å².